The van der Waals surface area contributed by atoms with Gasteiger partial charge < -0.3 is 20.1 Å². The van der Waals surface area contributed by atoms with E-state index in [-0.39, 0.29) is 38.6 Å². The van der Waals surface area contributed by atoms with Gasteiger partial charge in [0, 0.05) is 19.4 Å². The van der Waals surface area contributed by atoms with E-state index >= 15 is 0 Å². The van der Waals surface area contributed by atoms with Crippen LogP contribution < -0.4 is 5.73 Å². The number of esters is 2. The first-order valence-electron chi connectivity index (χ1n) is 29.0. The molecule has 10 heteroatoms. The molecule has 0 spiro atoms. The van der Waals surface area contributed by atoms with E-state index in [1.165, 1.54) is 250 Å². The summed E-state index contributed by atoms with van der Waals surface area (Å²) in [6.07, 6.45) is 58.8. The Morgan fingerprint density at radius 3 is 0.924 bits per heavy atom. The highest BCUT2D eigenvalue weighted by atomic mass is 31.2. The van der Waals surface area contributed by atoms with Crippen molar-refractivity contribution in [2.24, 2.45) is 5.73 Å². The number of unbranched alkanes of at least 4 members (excludes halogenated alkanes) is 43. The molecule has 9 nitrogen and oxygen atoms in total. The van der Waals surface area contributed by atoms with Gasteiger partial charge in [-0.2, -0.15) is 0 Å². The van der Waals surface area contributed by atoms with Crippen LogP contribution >= 0.6 is 7.82 Å². The molecule has 66 heavy (non-hydrogen) atoms. The molecule has 0 aromatic heterocycles. The predicted octanol–water partition coefficient (Wildman–Crippen LogP) is 17.9. The van der Waals surface area contributed by atoms with Crippen molar-refractivity contribution in [2.75, 3.05) is 26.4 Å². The number of hydrogen-bond acceptors (Lipinski definition) is 8. The average molecular weight is 958 g/mol. The van der Waals surface area contributed by atoms with E-state index in [0.717, 1.165) is 32.1 Å². The minimum absolute atomic E-state index is 0.0586. The molecule has 2 unspecified atom stereocenters. The normalized spacial score (nSPS) is 13.0. The van der Waals surface area contributed by atoms with E-state index in [2.05, 4.69) is 13.8 Å². The number of phosphoric acid groups is 1. The summed E-state index contributed by atoms with van der Waals surface area (Å²) in [6, 6.07) is 0. The van der Waals surface area contributed by atoms with Gasteiger partial charge in [-0.3, -0.25) is 18.6 Å². The Balaban J connectivity index is 3.88. The quantitative estimate of drug-likeness (QED) is 0.0347. The van der Waals surface area contributed by atoms with Crippen LogP contribution in [0, 0.1) is 0 Å². The zero-order valence-electron chi connectivity index (χ0n) is 44.0. The highest BCUT2D eigenvalue weighted by Gasteiger charge is 2.26. The summed E-state index contributed by atoms with van der Waals surface area (Å²) in [4.78, 5) is 35.1. The maximum Gasteiger partial charge on any atom is 0.472 e. The maximum atomic E-state index is 12.7. The lowest BCUT2D eigenvalue weighted by Crippen LogP contribution is -2.29. The third-order valence-corrected chi connectivity index (χ3v) is 14.2. The van der Waals surface area contributed by atoms with E-state index in [4.69, 9.17) is 24.3 Å². The molecule has 0 aliphatic rings. The SMILES string of the molecule is CCCCCCCCCCCCCCCCCCCCCCCCCCCCCC(=O)OC(COC(=O)CCCCCCCCCCCCCCCCCCCC)COP(=O)(O)OCCN. The van der Waals surface area contributed by atoms with Crippen LogP contribution in [0.25, 0.3) is 0 Å². The highest BCUT2D eigenvalue weighted by Crippen LogP contribution is 2.43. The van der Waals surface area contributed by atoms with Gasteiger partial charge >= 0.3 is 19.8 Å². The Kier molecular flexibility index (Phi) is 52.6. The van der Waals surface area contributed by atoms with Crippen LogP contribution in [0.15, 0.2) is 0 Å². The Morgan fingerprint density at radius 2 is 0.652 bits per heavy atom. The molecule has 0 saturated heterocycles. The van der Waals surface area contributed by atoms with E-state index < -0.39 is 26.5 Å². The number of rotatable bonds is 56. The lowest BCUT2D eigenvalue weighted by Gasteiger charge is -2.19. The summed E-state index contributed by atoms with van der Waals surface area (Å²) in [6.45, 7) is 3.82. The predicted molar refractivity (Wildman–Crippen MR) is 280 cm³/mol. The van der Waals surface area contributed by atoms with E-state index in [9.17, 15) is 19.0 Å². The Labute approximate surface area is 409 Å². The van der Waals surface area contributed by atoms with Crippen LogP contribution in [-0.4, -0.2) is 49.3 Å². The topological polar surface area (TPSA) is 134 Å². The van der Waals surface area contributed by atoms with Gasteiger partial charge in [0.15, 0.2) is 6.10 Å². The average Bonchev–Trinajstić information content (AvgIpc) is 3.31. The van der Waals surface area contributed by atoms with Crippen molar-refractivity contribution in [1.82, 2.24) is 0 Å². The van der Waals surface area contributed by atoms with Crippen LogP contribution in [-0.2, 0) is 32.7 Å². The van der Waals surface area contributed by atoms with E-state index in [1.807, 2.05) is 0 Å². The third-order valence-electron chi connectivity index (χ3n) is 13.2. The fraction of sp³-hybridized carbons (Fsp3) is 0.964. The Hall–Kier alpha value is -0.990. The van der Waals surface area contributed by atoms with Gasteiger partial charge in [-0.15, -0.1) is 0 Å². The molecule has 0 rings (SSSR count). The number of nitrogens with two attached hydrogens (primary N) is 1. The minimum Gasteiger partial charge on any atom is -0.462 e. The molecule has 0 amide bonds. The monoisotopic (exact) mass is 958 g/mol. The van der Waals surface area contributed by atoms with Gasteiger partial charge in [0.1, 0.15) is 6.61 Å². The number of phosphoric ester groups is 1. The largest absolute Gasteiger partial charge is 0.472 e. The lowest BCUT2D eigenvalue weighted by molar-refractivity contribution is -0.161. The molecule has 0 bridgehead atoms. The van der Waals surface area contributed by atoms with Gasteiger partial charge in [0.25, 0.3) is 0 Å². The summed E-state index contributed by atoms with van der Waals surface area (Å²) < 4.78 is 33.0. The molecule has 0 saturated carbocycles. The number of hydrogen-bond donors (Lipinski definition) is 2. The van der Waals surface area contributed by atoms with Crippen molar-refractivity contribution in [3.05, 3.63) is 0 Å². The van der Waals surface area contributed by atoms with Crippen LogP contribution in [0.1, 0.15) is 316 Å². The molecular formula is C56H112NO8P. The molecule has 0 radical (unpaired) electrons. The fourth-order valence-electron chi connectivity index (χ4n) is 8.93. The van der Waals surface area contributed by atoms with Crippen LogP contribution in [0.4, 0.5) is 0 Å². The van der Waals surface area contributed by atoms with Crippen LogP contribution in [0.5, 0.6) is 0 Å². The smallest absolute Gasteiger partial charge is 0.462 e. The van der Waals surface area contributed by atoms with Crippen molar-refractivity contribution < 1.29 is 37.6 Å². The van der Waals surface area contributed by atoms with Crippen molar-refractivity contribution in [1.29, 1.82) is 0 Å². The van der Waals surface area contributed by atoms with E-state index in [0.29, 0.717) is 6.42 Å². The molecule has 0 aromatic carbocycles. The summed E-state index contributed by atoms with van der Waals surface area (Å²) in [5.41, 5.74) is 5.38. The van der Waals surface area contributed by atoms with Crippen LogP contribution in [0.3, 0.4) is 0 Å². The van der Waals surface area contributed by atoms with Crippen LogP contribution in [0.2, 0.25) is 0 Å². The van der Waals surface area contributed by atoms with Crippen molar-refractivity contribution in [3.8, 4) is 0 Å². The molecule has 0 aliphatic heterocycles. The number of ether oxygens (including phenoxy) is 2. The maximum absolute atomic E-state index is 12.7. The summed E-state index contributed by atoms with van der Waals surface area (Å²) in [5, 5.41) is 0. The molecule has 0 aromatic rings. The summed E-state index contributed by atoms with van der Waals surface area (Å²) >= 11 is 0. The summed E-state index contributed by atoms with van der Waals surface area (Å²) in [5.74, 6) is -0.803. The minimum atomic E-state index is -4.38. The zero-order chi connectivity index (χ0) is 48.1. The van der Waals surface area contributed by atoms with Crippen molar-refractivity contribution >= 4 is 19.8 Å². The Bertz CT molecular complexity index is 1050. The molecule has 3 N–H and O–H groups in total. The van der Waals surface area contributed by atoms with Gasteiger partial charge in [-0.05, 0) is 12.8 Å². The number of carbonyl (C=O) groups excluding carboxylic acids is 2. The lowest BCUT2D eigenvalue weighted by atomic mass is 10.0. The second-order valence-corrected chi connectivity index (χ2v) is 21.3. The zero-order valence-corrected chi connectivity index (χ0v) is 44.9. The molecule has 394 valence electrons. The van der Waals surface area contributed by atoms with E-state index in [1.54, 1.807) is 0 Å². The van der Waals surface area contributed by atoms with Gasteiger partial charge in [-0.25, -0.2) is 4.57 Å². The molecular weight excluding hydrogens is 846 g/mol. The van der Waals surface area contributed by atoms with Gasteiger partial charge in [-0.1, -0.05) is 290 Å². The van der Waals surface area contributed by atoms with Crippen molar-refractivity contribution in [3.63, 3.8) is 0 Å². The van der Waals surface area contributed by atoms with Gasteiger partial charge in [0.2, 0.25) is 0 Å². The van der Waals surface area contributed by atoms with Crippen molar-refractivity contribution in [2.45, 2.75) is 322 Å². The highest BCUT2D eigenvalue weighted by molar-refractivity contribution is 7.47. The second-order valence-electron chi connectivity index (χ2n) is 19.9. The standard InChI is InChI=1S/C56H112NO8P/c1-3-5-7-9-11-13-15-17-19-21-23-24-25-26-27-28-29-30-31-33-35-37-39-41-43-45-47-49-56(59)65-54(53-64-66(60,61)63-51-50-57)52-62-55(58)48-46-44-42-40-38-36-34-32-22-20-18-16-14-12-10-8-6-4-2/h54H,3-53,57H2,1-2H3,(H,60,61). The second kappa shape index (κ2) is 53.4. The molecule has 0 fully saturated rings. The summed E-state index contributed by atoms with van der Waals surface area (Å²) in [7, 11) is -4.38. The first kappa shape index (κ1) is 65.0. The molecule has 2 atom stereocenters. The van der Waals surface area contributed by atoms with Gasteiger partial charge in [0.05, 0.1) is 13.2 Å². The first-order chi connectivity index (χ1) is 32.3. The first-order valence-corrected chi connectivity index (χ1v) is 30.5. The molecule has 0 heterocycles. The Morgan fingerprint density at radius 1 is 0.394 bits per heavy atom. The fourth-order valence-corrected chi connectivity index (χ4v) is 9.70. The molecule has 0 aliphatic carbocycles. The number of carbonyl (C=O) groups is 2. The third kappa shape index (κ3) is 52.4.